The fourth-order valence-corrected chi connectivity index (χ4v) is 3.93. The SMILES string of the molecule is O=[N+]([O-])c1ccc(O[C@@H]2O[C@@H]3COC4(CCCCC4)O[C@@H]3[C@@H](O)[C@H]2O)cc1. The van der Waals surface area contributed by atoms with Crippen LogP contribution in [-0.2, 0) is 14.2 Å². The molecule has 1 aliphatic carbocycles. The Morgan fingerprint density at radius 2 is 1.81 bits per heavy atom. The third-order valence-corrected chi connectivity index (χ3v) is 5.42. The Labute approximate surface area is 155 Å². The third kappa shape index (κ3) is 3.65. The van der Waals surface area contributed by atoms with Gasteiger partial charge in [-0.05, 0) is 25.0 Å². The van der Waals surface area contributed by atoms with Crippen LogP contribution in [0, 0.1) is 10.1 Å². The molecule has 5 atom stereocenters. The van der Waals surface area contributed by atoms with Crippen LogP contribution < -0.4 is 4.74 Å². The maximum absolute atomic E-state index is 10.7. The lowest BCUT2D eigenvalue weighted by atomic mass is 9.90. The predicted molar refractivity (Wildman–Crippen MR) is 91.0 cm³/mol. The molecule has 1 aromatic rings. The quantitative estimate of drug-likeness (QED) is 0.597. The Bertz CT molecular complexity index is 672. The first-order valence-corrected chi connectivity index (χ1v) is 9.22. The van der Waals surface area contributed by atoms with E-state index in [1.807, 2.05) is 0 Å². The van der Waals surface area contributed by atoms with Gasteiger partial charge in [0.25, 0.3) is 5.69 Å². The molecule has 0 unspecified atom stereocenters. The number of hydrogen-bond acceptors (Lipinski definition) is 8. The zero-order valence-electron chi connectivity index (χ0n) is 14.7. The smallest absolute Gasteiger partial charge is 0.269 e. The van der Waals surface area contributed by atoms with E-state index in [0.717, 1.165) is 32.1 Å². The van der Waals surface area contributed by atoms with E-state index in [1.165, 1.54) is 24.3 Å². The van der Waals surface area contributed by atoms with Gasteiger partial charge in [0.2, 0.25) is 6.29 Å². The van der Waals surface area contributed by atoms with Gasteiger partial charge in [0.05, 0.1) is 11.5 Å². The fourth-order valence-electron chi connectivity index (χ4n) is 3.93. The van der Waals surface area contributed by atoms with Gasteiger partial charge in [-0.3, -0.25) is 10.1 Å². The zero-order chi connectivity index (χ0) is 19.0. The van der Waals surface area contributed by atoms with Crippen LogP contribution in [0.3, 0.4) is 0 Å². The molecular formula is C18H23NO8. The number of nitro groups is 1. The first kappa shape index (κ1) is 18.6. The summed E-state index contributed by atoms with van der Waals surface area (Å²) in [6.07, 6.45) is -0.225. The van der Waals surface area contributed by atoms with E-state index < -0.39 is 41.4 Å². The summed E-state index contributed by atoms with van der Waals surface area (Å²) >= 11 is 0. The first-order chi connectivity index (χ1) is 13.0. The molecule has 9 heteroatoms. The summed E-state index contributed by atoms with van der Waals surface area (Å²) in [5, 5.41) is 31.7. The van der Waals surface area contributed by atoms with E-state index in [1.54, 1.807) is 0 Å². The number of nitro benzene ring substituents is 1. The Morgan fingerprint density at radius 1 is 1.11 bits per heavy atom. The summed E-state index contributed by atoms with van der Waals surface area (Å²) in [6, 6.07) is 5.42. The molecule has 0 bridgehead atoms. The molecule has 1 spiro atoms. The minimum atomic E-state index is -1.32. The second-order valence-electron chi connectivity index (χ2n) is 7.26. The average molecular weight is 381 g/mol. The van der Waals surface area contributed by atoms with Crippen molar-refractivity contribution in [1.82, 2.24) is 0 Å². The lowest BCUT2D eigenvalue weighted by molar-refractivity contribution is -0.388. The Morgan fingerprint density at radius 3 is 2.48 bits per heavy atom. The third-order valence-electron chi connectivity index (χ3n) is 5.42. The number of nitrogens with zero attached hydrogens (tertiary/aromatic N) is 1. The molecule has 2 heterocycles. The Balaban J connectivity index is 1.43. The van der Waals surface area contributed by atoms with E-state index in [9.17, 15) is 20.3 Å². The van der Waals surface area contributed by atoms with Crippen molar-refractivity contribution in [1.29, 1.82) is 0 Å². The first-order valence-electron chi connectivity index (χ1n) is 9.22. The van der Waals surface area contributed by atoms with E-state index in [4.69, 9.17) is 18.9 Å². The molecule has 9 nitrogen and oxygen atoms in total. The molecule has 27 heavy (non-hydrogen) atoms. The van der Waals surface area contributed by atoms with Crippen molar-refractivity contribution in [3.05, 3.63) is 34.4 Å². The molecular weight excluding hydrogens is 358 g/mol. The van der Waals surface area contributed by atoms with Crippen LogP contribution in [-0.4, -0.2) is 58.2 Å². The van der Waals surface area contributed by atoms with E-state index in [0.29, 0.717) is 0 Å². The van der Waals surface area contributed by atoms with Crippen LogP contribution >= 0.6 is 0 Å². The van der Waals surface area contributed by atoms with Gasteiger partial charge in [0.15, 0.2) is 5.79 Å². The number of non-ortho nitro benzene ring substituents is 1. The van der Waals surface area contributed by atoms with Gasteiger partial charge < -0.3 is 29.2 Å². The van der Waals surface area contributed by atoms with Gasteiger partial charge in [-0.25, -0.2) is 0 Å². The fraction of sp³-hybridized carbons (Fsp3) is 0.667. The summed E-state index contributed by atoms with van der Waals surface area (Å²) < 4.78 is 23.3. The lowest BCUT2D eigenvalue weighted by Gasteiger charge is -2.51. The number of fused-ring (bicyclic) bond motifs is 1. The van der Waals surface area contributed by atoms with Gasteiger partial charge in [-0.15, -0.1) is 0 Å². The molecule has 4 rings (SSSR count). The maximum Gasteiger partial charge on any atom is 0.269 e. The summed E-state index contributed by atoms with van der Waals surface area (Å²) in [5.41, 5.74) is -0.0700. The zero-order valence-corrected chi connectivity index (χ0v) is 14.7. The van der Waals surface area contributed by atoms with Crippen molar-refractivity contribution in [3.8, 4) is 5.75 Å². The summed E-state index contributed by atoms with van der Waals surface area (Å²) in [7, 11) is 0. The van der Waals surface area contributed by atoms with Gasteiger partial charge in [0, 0.05) is 25.0 Å². The lowest BCUT2D eigenvalue weighted by Crippen LogP contribution is -2.66. The van der Waals surface area contributed by atoms with Gasteiger partial charge in [-0.2, -0.15) is 0 Å². The summed E-state index contributed by atoms with van der Waals surface area (Å²) in [5.74, 6) is -0.410. The molecule has 0 radical (unpaired) electrons. The number of hydrogen-bond donors (Lipinski definition) is 2. The van der Waals surface area contributed by atoms with Crippen molar-refractivity contribution < 1.29 is 34.1 Å². The molecule has 3 fully saturated rings. The van der Waals surface area contributed by atoms with Gasteiger partial charge >= 0.3 is 0 Å². The van der Waals surface area contributed by atoms with Crippen molar-refractivity contribution in [3.63, 3.8) is 0 Å². The van der Waals surface area contributed by atoms with Crippen LogP contribution in [0.2, 0.25) is 0 Å². The highest BCUT2D eigenvalue weighted by atomic mass is 16.8. The van der Waals surface area contributed by atoms with Crippen molar-refractivity contribution in [2.24, 2.45) is 0 Å². The molecule has 1 saturated carbocycles. The normalized spacial score (nSPS) is 35.4. The topological polar surface area (TPSA) is 121 Å². The second kappa shape index (κ2) is 7.33. The van der Waals surface area contributed by atoms with Crippen LogP contribution in [0.5, 0.6) is 5.75 Å². The largest absolute Gasteiger partial charge is 0.462 e. The molecule has 0 amide bonds. The van der Waals surface area contributed by atoms with E-state index >= 15 is 0 Å². The van der Waals surface area contributed by atoms with Crippen molar-refractivity contribution >= 4 is 5.69 Å². The highest BCUT2D eigenvalue weighted by Crippen LogP contribution is 2.40. The number of aliphatic hydroxyl groups excluding tert-OH is 2. The minimum Gasteiger partial charge on any atom is -0.462 e. The Hall–Kier alpha value is -1.78. The van der Waals surface area contributed by atoms with E-state index in [2.05, 4.69) is 0 Å². The molecule has 2 aliphatic heterocycles. The predicted octanol–water partition coefficient (Wildman–Crippen LogP) is 1.50. The molecule has 0 aromatic heterocycles. The van der Waals surface area contributed by atoms with E-state index in [-0.39, 0.29) is 18.0 Å². The van der Waals surface area contributed by atoms with Crippen LogP contribution in [0.25, 0.3) is 0 Å². The molecule has 148 valence electrons. The molecule has 2 saturated heterocycles. The molecule has 1 aromatic carbocycles. The van der Waals surface area contributed by atoms with Crippen LogP contribution in [0.4, 0.5) is 5.69 Å². The number of ether oxygens (including phenoxy) is 4. The molecule has 3 aliphatic rings. The van der Waals surface area contributed by atoms with Crippen molar-refractivity contribution in [2.75, 3.05) is 6.61 Å². The van der Waals surface area contributed by atoms with Crippen LogP contribution in [0.1, 0.15) is 32.1 Å². The number of aliphatic hydroxyl groups is 2. The standard InChI is InChI=1S/C18H23NO8/c20-14-15(21)17(25-12-6-4-11(5-7-12)19(22)23)26-13-10-24-18(27-16(13)14)8-2-1-3-9-18/h4-7,13-17,20-21H,1-3,8-10H2/t13-,14+,15-,16+,17-/m1/s1. The monoisotopic (exact) mass is 381 g/mol. The second-order valence-corrected chi connectivity index (χ2v) is 7.26. The summed E-state index contributed by atoms with van der Waals surface area (Å²) in [4.78, 5) is 10.2. The number of benzene rings is 1. The highest BCUT2D eigenvalue weighted by molar-refractivity contribution is 5.36. The minimum absolute atomic E-state index is 0.0700. The summed E-state index contributed by atoms with van der Waals surface area (Å²) in [6.45, 7) is 0.245. The van der Waals surface area contributed by atoms with Crippen LogP contribution in [0.15, 0.2) is 24.3 Å². The Kier molecular flexibility index (Phi) is 5.04. The molecule has 2 N–H and O–H groups in total. The van der Waals surface area contributed by atoms with Gasteiger partial charge in [-0.1, -0.05) is 6.42 Å². The number of rotatable bonds is 3. The van der Waals surface area contributed by atoms with Crippen molar-refractivity contribution in [2.45, 2.75) is 68.6 Å². The van der Waals surface area contributed by atoms with Gasteiger partial charge in [0.1, 0.15) is 30.2 Å². The maximum atomic E-state index is 10.7. The highest BCUT2D eigenvalue weighted by Gasteiger charge is 2.53. The average Bonchev–Trinajstić information content (AvgIpc) is 2.68.